The van der Waals surface area contributed by atoms with Crippen molar-refractivity contribution >= 4 is 34.2 Å². The van der Waals surface area contributed by atoms with Crippen molar-refractivity contribution in [2.75, 3.05) is 30.4 Å². The van der Waals surface area contributed by atoms with Gasteiger partial charge in [0.25, 0.3) is 0 Å². The molecule has 0 unspecified atom stereocenters. The van der Waals surface area contributed by atoms with Crippen LogP contribution in [0, 0.1) is 6.92 Å². The number of aliphatic hydroxyl groups excluding tert-OH is 1. The highest BCUT2D eigenvalue weighted by atomic mass is 32.1. The smallest absolute Gasteiger partial charge is 0.347 e. The number of aromatic carboxylic acids is 1. The summed E-state index contributed by atoms with van der Waals surface area (Å²) >= 11 is 1.03. The summed E-state index contributed by atoms with van der Waals surface area (Å²) in [5.41, 5.74) is 1.87. The fourth-order valence-corrected chi connectivity index (χ4v) is 4.09. The van der Waals surface area contributed by atoms with Crippen molar-refractivity contribution in [3.05, 3.63) is 35.0 Å². The molecule has 4 heterocycles. The summed E-state index contributed by atoms with van der Waals surface area (Å²) in [7, 11) is 1.55. The molecule has 0 amide bonds. The van der Waals surface area contributed by atoms with Gasteiger partial charge in [0, 0.05) is 37.0 Å². The number of hydrogen-bond donors (Lipinski definition) is 3. The molecule has 162 valence electrons. The molecule has 1 fully saturated rings. The van der Waals surface area contributed by atoms with Gasteiger partial charge in [-0.2, -0.15) is 4.98 Å². The van der Waals surface area contributed by atoms with Crippen LogP contribution >= 0.6 is 11.3 Å². The number of carboxylic acids is 1. The van der Waals surface area contributed by atoms with E-state index in [0.29, 0.717) is 60.1 Å². The molecule has 3 N–H and O–H groups in total. The summed E-state index contributed by atoms with van der Waals surface area (Å²) in [6.45, 7) is 3.00. The van der Waals surface area contributed by atoms with Crippen molar-refractivity contribution in [3.8, 4) is 17.1 Å². The zero-order valence-electron chi connectivity index (χ0n) is 17.1. The average Bonchev–Trinajstić information content (AvgIpc) is 3.14. The quantitative estimate of drug-likeness (QED) is 0.523. The molecule has 0 radical (unpaired) electrons. The largest absolute Gasteiger partial charge is 0.481 e. The standard InChI is InChI=1S/C20H22N6O4S/c1-11-17(18(28)29)31-20(22-11)25-19-23-14(12-3-4-16(30-2)21-10-12)9-15(24-19)26-7-5-13(27)6-8-26/h3-4,9-10,13,27H,5-8H2,1-2H3,(H,28,29)(H,22,23,24,25). The first-order valence-electron chi connectivity index (χ1n) is 9.73. The maximum Gasteiger partial charge on any atom is 0.347 e. The Balaban J connectivity index is 1.70. The Labute approximate surface area is 182 Å². The van der Waals surface area contributed by atoms with E-state index in [4.69, 9.17) is 4.74 Å². The van der Waals surface area contributed by atoms with Crippen LogP contribution < -0.4 is 15.0 Å². The van der Waals surface area contributed by atoms with Crippen LogP contribution in [0.2, 0.25) is 0 Å². The van der Waals surface area contributed by atoms with Gasteiger partial charge < -0.3 is 19.8 Å². The lowest BCUT2D eigenvalue weighted by Crippen LogP contribution is -2.36. The van der Waals surface area contributed by atoms with Crippen molar-refractivity contribution in [3.63, 3.8) is 0 Å². The molecule has 4 rings (SSSR count). The fourth-order valence-electron chi connectivity index (χ4n) is 3.29. The first-order valence-corrected chi connectivity index (χ1v) is 10.5. The van der Waals surface area contributed by atoms with E-state index in [9.17, 15) is 15.0 Å². The van der Waals surface area contributed by atoms with Gasteiger partial charge in [0.1, 0.15) is 10.7 Å². The third-order valence-corrected chi connectivity index (χ3v) is 6.01. The van der Waals surface area contributed by atoms with Crippen LogP contribution in [0.3, 0.4) is 0 Å². The minimum Gasteiger partial charge on any atom is -0.481 e. The van der Waals surface area contributed by atoms with Crippen molar-refractivity contribution in [1.82, 2.24) is 19.9 Å². The third kappa shape index (κ3) is 4.72. The molecule has 0 saturated carbocycles. The normalized spacial score (nSPS) is 14.5. The minimum atomic E-state index is -1.02. The lowest BCUT2D eigenvalue weighted by Gasteiger charge is -2.30. The molecule has 0 atom stereocenters. The molecule has 0 bridgehead atoms. The molecule has 0 aliphatic carbocycles. The molecule has 10 nitrogen and oxygen atoms in total. The van der Waals surface area contributed by atoms with Gasteiger partial charge in [0.05, 0.1) is 24.6 Å². The number of nitrogens with one attached hydrogen (secondary N) is 1. The van der Waals surface area contributed by atoms with E-state index in [-0.39, 0.29) is 11.0 Å². The zero-order chi connectivity index (χ0) is 22.0. The lowest BCUT2D eigenvalue weighted by atomic mass is 10.1. The molecule has 3 aromatic rings. The number of aryl methyl sites for hydroxylation is 1. The Kier molecular flexibility index (Phi) is 5.96. The summed E-state index contributed by atoms with van der Waals surface area (Å²) in [5, 5.41) is 22.6. The number of carboxylic acid groups (broad SMARTS) is 1. The number of hydrogen-bond acceptors (Lipinski definition) is 10. The zero-order valence-corrected chi connectivity index (χ0v) is 17.9. The van der Waals surface area contributed by atoms with Gasteiger partial charge in [-0.1, -0.05) is 11.3 Å². The van der Waals surface area contributed by atoms with Crippen LogP contribution in [0.1, 0.15) is 28.2 Å². The molecule has 3 aromatic heterocycles. The van der Waals surface area contributed by atoms with E-state index in [2.05, 4.69) is 30.2 Å². The predicted octanol–water partition coefficient (Wildman–Crippen LogP) is 2.72. The van der Waals surface area contributed by atoms with Gasteiger partial charge >= 0.3 is 5.97 Å². The highest BCUT2D eigenvalue weighted by molar-refractivity contribution is 7.17. The van der Waals surface area contributed by atoms with Gasteiger partial charge in [-0.3, -0.25) is 5.32 Å². The van der Waals surface area contributed by atoms with Crippen molar-refractivity contribution in [2.45, 2.75) is 25.9 Å². The summed E-state index contributed by atoms with van der Waals surface area (Å²) in [6, 6.07) is 5.49. The Morgan fingerprint density at radius 3 is 2.65 bits per heavy atom. The number of anilines is 3. The Hall–Kier alpha value is -3.31. The number of aromatic nitrogens is 4. The van der Waals surface area contributed by atoms with Crippen LogP contribution in [0.4, 0.5) is 16.9 Å². The van der Waals surface area contributed by atoms with Gasteiger partial charge in [-0.25, -0.2) is 19.7 Å². The SMILES string of the molecule is COc1ccc(-c2cc(N3CCC(O)CC3)nc(Nc3nc(C)c(C(=O)O)s3)n2)cn1. The third-order valence-electron chi connectivity index (χ3n) is 4.95. The monoisotopic (exact) mass is 442 g/mol. The number of pyridine rings is 1. The summed E-state index contributed by atoms with van der Waals surface area (Å²) in [5.74, 6) is 0.498. The maximum atomic E-state index is 11.3. The molecule has 1 aliphatic heterocycles. The molecule has 1 saturated heterocycles. The number of carbonyl (C=O) groups is 1. The lowest BCUT2D eigenvalue weighted by molar-refractivity contribution is 0.0701. The summed E-state index contributed by atoms with van der Waals surface area (Å²) in [6.07, 6.45) is 2.71. The Bertz CT molecular complexity index is 1080. The first kappa shape index (κ1) is 20.9. The number of nitrogens with zero attached hydrogens (tertiary/aromatic N) is 5. The van der Waals surface area contributed by atoms with E-state index in [1.807, 2.05) is 12.1 Å². The average molecular weight is 443 g/mol. The number of thiazole rings is 1. The van der Waals surface area contributed by atoms with E-state index in [1.165, 1.54) is 0 Å². The van der Waals surface area contributed by atoms with Crippen LogP contribution in [0.15, 0.2) is 24.4 Å². The molecule has 0 spiro atoms. The van der Waals surface area contributed by atoms with E-state index < -0.39 is 5.97 Å². The van der Waals surface area contributed by atoms with Gasteiger partial charge in [0.15, 0.2) is 5.13 Å². The molecule has 1 aliphatic rings. The molecule has 31 heavy (non-hydrogen) atoms. The van der Waals surface area contributed by atoms with E-state index in [1.54, 1.807) is 26.3 Å². The van der Waals surface area contributed by atoms with Crippen LogP contribution in [-0.2, 0) is 0 Å². The number of ether oxygens (including phenoxy) is 1. The van der Waals surface area contributed by atoms with Gasteiger partial charge in [-0.15, -0.1) is 0 Å². The topological polar surface area (TPSA) is 134 Å². The van der Waals surface area contributed by atoms with Crippen molar-refractivity contribution < 1.29 is 19.7 Å². The second-order valence-corrected chi connectivity index (χ2v) is 8.11. The molecular formula is C20H22N6O4S. The number of piperidine rings is 1. The second kappa shape index (κ2) is 8.82. The summed E-state index contributed by atoms with van der Waals surface area (Å²) in [4.78, 5) is 31.3. The Morgan fingerprint density at radius 2 is 2.03 bits per heavy atom. The van der Waals surface area contributed by atoms with Crippen molar-refractivity contribution in [1.29, 1.82) is 0 Å². The van der Waals surface area contributed by atoms with Crippen LogP contribution in [0.5, 0.6) is 5.88 Å². The van der Waals surface area contributed by atoms with Gasteiger partial charge in [-0.05, 0) is 25.8 Å². The fraction of sp³-hybridized carbons (Fsp3) is 0.350. The summed E-state index contributed by atoms with van der Waals surface area (Å²) < 4.78 is 5.13. The highest BCUT2D eigenvalue weighted by Crippen LogP contribution is 2.29. The second-order valence-electron chi connectivity index (χ2n) is 7.11. The minimum absolute atomic E-state index is 0.170. The molecule has 0 aromatic carbocycles. The molecule has 11 heteroatoms. The maximum absolute atomic E-state index is 11.3. The number of rotatable bonds is 6. The number of methoxy groups -OCH3 is 1. The Morgan fingerprint density at radius 1 is 1.26 bits per heavy atom. The van der Waals surface area contributed by atoms with Crippen LogP contribution in [0.25, 0.3) is 11.3 Å². The predicted molar refractivity (Wildman–Crippen MR) is 116 cm³/mol. The van der Waals surface area contributed by atoms with Crippen molar-refractivity contribution in [2.24, 2.45) is 0 Å². The first-order chi connectivity index (χ1) is 14.9. The van der Waals surface area contributed by atoms with Crippen LogP contribution in [-0.4, -0.2) is 62.4 Å². The number of aliphatic hydroxyl groups is 1. The molecular weight excluding hydrogens is 420 g/mol. The van der Waals surface area contributed by atoms with Gasteiger partial charge in [0.2, 0.25) is 11.8 Å². The van der Waals surface area contributed by atoms with E-state index in [0.717, 1.165) is 16.9 Å². The highest BCUT2D eigenvalue weighted by Gasteiger charge is 2.21. The van der Waals surface area contributed by atoms with E-state index >= 15 is 0 Å².